The summed E-state index contributed by atoms with van der Waals surface area (Å²) in [6, 6.07) is 8.08. The van der Waals surface area contributed by atoms with Gasteiger partial charge in [-0.3, -0.25) is 4.98 Å². The highest BCUT2D eigenvalue weighted by atomic mass is 16.5. The van der Waals surface area contributed by atoms with Gasteiger partial charge in [0.15, 0.2) is 0 Å². The van der Waals surface area contributed by atoms with Crippen molar-refractivity contribution < 1.29 is 9.84 Å². The molecule has 1 saturated heterocycles. The van der Waals surface area contributed by atoms with E-state index in [1.165, 1.54) is 0 Å². The lowest BCUT2D eigenvalue weighted by Gasteiger charge is -2.23. The Labute approximate surface area is 118 Å². The van der Waals surface area contributed by atoms with Crippen LogP contribution >= 0.6 is 0 Å². The van der Waals surface area contributed by atoms with E-state index in [-0.39, 0.29) is 0 Å². The highest BCUT2D eigenvalue weighted by Crippen LogP contribution is 2.29. The minimum Gasteiger partial charge on any atom is -0.386 e. The van der Waals surface area contributed by atoms with Gasteiger partial charge in [-0.05, 0) is 25.5 Å². The molecule has 0 saturated carbocycles. The molecule has 2 N–H and O–H groups in total. The van der Waals surface area contributed by atoms with Crippen LogP contribution in [0, 0.1) is 13.8 Å². The molecule has 0 bridgehead atoms. The lowest BCUT2D eigenvalue weighted by atomic mass is 10.0. The standard InChI is InChI=1S/C16H20N2O2/c1-11-12(2)18-14-6-4-3-5-13(14)15(11)17-9-16(19)7-8-20-10-16/h3-6,19H,7-10H2,1-2H3,(H,17,18). The molecule has 1 aliphatic rings. The summed E-state index contributed by atoms with van der Waals surface area (Å²) in [5.41, 5.74) is 3.43. The highest BCUT2D eigenvalue weighted by molar-refractivity contribution is 5.93. The van der Waals surface area contributed by atoms with Crippen molar-refractivity contribution in [2.45, 2.75) is 25.9 Å². The fourth-order valence-corrected chi connectivity index (χ4v) is 2.65. The smallest absolute Gasteiger partial charge is 0.107 e. The van der Waals surface area contributed by atoms with Crippen molar-refractivity contribution in [3.05, 3.63) is 35.5 Å². The monoisotopic (exact) mass is 272 g/mol. The fourth-order valence-electron chi connectivity index (χ4n) is 2.65. The van der Waals surface area contributed by atoms with Crippen LogP contribution in [0.15, 0.2) is 24.3 Å². The topological polar surface area (TPSA) is 54.4 Å². The number of pyridine rings is 1. The first-order valence-electron chi connectivity index (χ1n) is 6.99. The quantitative estimate of drug-likeness (QED) is 0.901. The molecule has 1 aromatic heterocycles. The maximum Gasteiger partial charge on any atom is 0.107 e. The summed E-state index contributed by atoms with van der Waals surface area (Å²) in [5.74, 6) is 0. The Kier molecular flexibility index (Phi) is 3.36. The first kappa shape index (κ1) is 13.3. The number of ether oxygens (including phenoxy) is 1. The van der Waals surface area contributed by atoms with Gasteiger partial charge in [-0.25, -0.2) is 0 Å². The number of rotatable bonds is 3. The third-order valence-corrected chi connectivity index (χ3v) is 4.06. The van der Waals surface area contributed by atoms with Crippen LogP contribution in [0.1, 0.15) is 17.7 Å². The van der Waals surface area contributed by atoms with Crippen molar-refractivity contribution in [1.29, 1.82) is 0 Å². The first-order valence-corrected chi connectivity index (χ1v) is 6.99. The van der Waals surface area contributed by atoms with Crippen LogP contribution in [-0.4, -0.2) is 35.5 Å². The Morgan fingerprint density at radius 2 is 2.15 bits per heavy atom. The molecular weight excluding hydrogens is 252 g/mol. The molecule has 106 valence electrons. The molecule has 0 radical (unpaired) electrons. The van der Waals surface area contributed by atoms with Crippen molar-refractivity contribution in [3.8, 4) is 0 Å². The molecule has 4 heteroatoms. The zero-order valence-electron chi connectivity index (χ0n) is 11.9. The van der Waals surface area contributed by atoms with Crippen molar-refractivity contribution in [1.82, 2.24) is 4.98 Å². The molecule has 0 spiro atoms. The number of nitrogens with one attached hydrogen (secondary N) is 1. The highest BCUT2D eigenvalue weighted by Gasteiger charge is 2.32. The Bertz CT molecular complexity index is 634. The van der Waals surface area contributed by atoms with E-state index in [2.05, 4.69) is 23.3 Å². The van der Waals surface area contributed by atoms with E-state index < -0.39 is 5.60 Å². The molecule has 1 unspecified atom stereocenters. The predicted octanol–water partition coefficient (Wildman–Crippen LogP) is 2.41. The van der Waals surface area contributed by atoms with Crippen molar-refractivity contribution in [3.63, 3.8) is 0 Å². The summed E-state index contributed by atoms with van der Waals surface area (Å²) >= 11 is 0. The molecule has 3 rings (SSSR count). The second-order valence-electron chi connectivity index (χ2n) is 5.59. The zero-order valence-corrected chi connectivity index (χ0v) is 11.9. The van der Waals surface area contributed by atoms with Crippen LogP contribution < -0.4 is 5.32 Å². The zero-order chi connectivity index (χ0) is 14.2. The van der Waals surface area contributed by atoms with E-state index in [4.69, 9.17) is 4.74 Å². The minimum absolute atomic E-state index is 0.404. The molecule has 0 aliphatic carbocycles. The van der Waals surface area contributed by atoms with Gasteiger partial charge >= 0.3 is 0 Å². The SMILES string of the molecule is Cc1nc2ccccc2c(NCC2(O)CCOC2)c1C. The van der Waals surface area contributed by atoms with E-state index in [1.807, 2.05) is 25.1 Å². The maximum atomic E-state index is 10.4. The molecule has 2 aromatic rings. The average Bonchev–Trinajstić information content (AvgIpc) is 2.87. The number of aliphatic hydroxyl groups is 1. The molecule has 1 aromatic carbocycles. The molecule has 20 heavy (non-hydrogen) atoms. The minimum atomic E-state index is -0.759. The second kappa shape index (κ2) is 5.04. The number of nitrogens with zero attached hydrogens (tertiary/aromatic N) is 1. The fraction of sp³-hybridized carbons (Fsp3) is 0.438. The second-order valence-corrected chi connectivity index (χ2v) is 5.59. The van der Waals surface area contributed by atoms with E-state index in [1.54, 1.807) is 0 Å². The maximum absolute atomic E-state index is 10.4. The van der Waals surface area contributed by atoms with Gasteiger partial charge in [0.1, 0.15) is 5.60 Å². The lowest BCUT2D eigenvalue weighted by Crippen LogP contribution is -2.37. The molecular formula is C16H20N2O2. The largest absolute Gasteiger partial charge is 0.386 e. The summed E-state index contributed by atoms with van der Waals surface area (Å²) in [6.07, 6.45) is 0.682. The number of para-hydroxylation sites is 1. The predicted molar refractivity (Wildman–Crippen MR) is 80.1 cm³/mol. The Morgan fingerprint density at radius 1 is 1.35 bits per heavy atom. The van der Waals surface area contributed by atoms with E-state index in [0.29, 0.717) is 26.2 Å². The number of anilines is 1. The molecule has 2 heterocycles. The third kappa shape index (κ3) is 2.37. The Balaban J connectivity index is 1.95. The van der Waals surface area contributed by atoms with E-state index in [0.717, 1.165) is 27.8 Å². The number of hydrogen-bond donors (Lipinski definition) is 2. The van der Waals surface area contributed by atoms with Gasteiger partial charge in [-0.15, -0.1) is 0 Å². The van der Waals surface area contributed by atoms with Crippen molar-refractivity contribution in [2.24, 2.45) is 0 Å². The lowest BCUT2D eigenvalue weighted by molar-refractivity contribution is 0.0382. The van der Waals surface area contributed by atoms with E-state index in [9.17, 15) is 5.11 Å². The van der Waals surface area contributed by atoms with Gasteiger partial charge < -0.3 is 15.2 Å². The van der Waals surface area contributed by atoms with E-state index >= 15 is 0 Å². The van der Waals surface area contributed by atoms with Gasteiger partial charge in [-0.2, -0.15) is 0 Å². The molecule has 1 fully saturated rings. The number of benzene rings is 1. The number of hydrogen-bond acceptors (Lipinski definition) is 4. The van der Waals surface area contributed by atoms with Crippen LogP contribution in [0.5, 0.6) is 0 Å². The molecule has 1 aliphatic heterocycles. The van der Waals surface area contributed by atoms with Gasteiger partial charge in [0.2, 0.25) is 0 Å². The van der Waals surface area contributed by atoms with Crippen molar-refractivity contribution in [2.75, 3.05) is 25.1 Å². The number of aromatic nitrogens is 1. The third-order valence-electron chi connectivity index (χ3n) is 4.06. The van der Waals surface area contributed by atoms with Gasteiger partial charge in [0.05, 0.1) is 12.1 Å². The van der Waals surface area contributed by atoms with Gasteiger partial charge in [-0.1, -0.05) is 18.2 Å². The number of aryl methyl sites for hydroxylation is 1. The van der Waals surface area contributed by atoms with Crippen LogP contribution in [0.2, 0.25) is 0 Å². The normalized spacial score (nSPS) is 22.4. The Morgan fingerprint density at radius 3 is 2.90 bits per heavy atom. The van der Waals surface area contributed by atoms with Crippen LogP contribution in [-0.2, 0) is 4.74 Å². The van der Waals surface area contributed by atoms with Crippen molar-refractivity contribution >= 4 is 16.6 Å². The molecule has 4 nitrogen and oxygen atoms in total. The summed E-state index contributed by atoms with van der Waals surface area (Å²) in [7, 11) is 0. The molecule has 0 amide bonds. The Hall–Kier alpha value is -1.65. The molecule has 1 atom stereocenters. The van der Waals surface area contributed by atoms with Gasteiger partial charge in [0, 0.05) is 36.3 Å². The van der Waals surface area contributed by atoms with Crippen LogP contribution in [0.4, 0.5) is 5.69 Å². The summed E-state index contributed by atoms with van der Waals surface area (Å²) < 4.78 is 5.29. The number of fused-ring (bicyclic) bond motifs is 1. The summed E-state index contributed by atoms with van der Waals surface area (Å²) in [6.45, 7) is 5.61. The average molecular weight is 272 g/mol. The summed E-state index contributed by atoms with van der Waals surface area (Å²) in [5, 5.41) is 14.9. The van der Waals surface area contributed by atoms with Crippen LogP contribution in [0.25, 0.3) is 10.9 Å². The van der Waals surface area contributed by atoms with Crippen LogP contribution in [0.3, 0.4) is 0 Å². The first-order chi connectivity index (χ1) is 9.59. The summed E-state index contributed by atoms with van der Waals surface area (Å²) in [4.78, 5) is 4.61. The van der Waals surface area contributed by atoms with Gasteiger partial charge in [0.25, 0.3) is 0 Å².